The van der Waals surface area contributed by atoms with E-state index in [4.69, 9.17) is 10.2 Å². The molecule has 0 bridgehead atoms. The molecule has 0 heterocycles. The minimum atomic E-state index is -1.46. The fourth-order valence-corrected chi connectivity index (χ4v) is 0.816. The van der Waals surface area contributed by atoms with E-state index in [0.717, 1.165) is 0 Å². The van der Waals surface area contributed by atoms with E-state index in [0.29, 0.717) is 0 Å². The molecule has 0 unspecified atom stereocenters. The van der Waals surface area contributed by atoms with Crippen molar-refractivity contribution < 1.29 is 19.8 Å². The number of ketones is 1. The molecule has 0 aliphatic carbocycles. The number of hydrogen-bond acceptors (Lipinski definition) is 3. The molecule has 4 nitrogen and oxygen atoms in total. The van der Waals surface area contributed by atoms with Crippen LogP contribution in [0, 0.1) is 5.92 Å². The standard InChI is InChI=1S/C9H14O4/c1-5(2)4-7(10)6(3)8(11)9(12)13/h5,11H,4H2,1-3H3,(H,12,13)/b8-6-. The number of aliphatic hydroxyl groups excluding tert-OH is 1. The first kappa shape index (κ1) is 11.7. The van der Waals surface area contributed by atoms with Crippen LogP contribution in [0.2, 0.25) is 0 Å². The van der Waals surface area contributed by atoms with Crippen molar-refractivity contribution in [2.24, 2.45) is 5.92 Å². The summed E-state index contributed by atoms with van der Waals surface area (Å²) in [5.74, 6) is -2.49. The SMILES string of the molecule is C/C(C(=O)CC(C)C)=C(/O)C(=O)O. The van der Waals surface area contributed by atoms with Crippen molar-refractivity contribution >= 4 is 11.8 Å². The van der Waals surface area contributed by atoms with Crippen molar-refractivity contribution in [3.05, 3.63) is 11.3 Å². The molecule has 0 spiro atoms. The van der Waals surface area contributed by atoms with Gasteiger partial charge in [-0.15, -0.1) is 0 Å². The van der Waals surface area contributed by atoms with Crippen molar-refractivity contribution in [3.8, 4) is 0 Å². The number of carbonyl (C=O) groups excluding carboxylic acids is 1. The van der Waals surface area contributed by atoms with E-state index in [1.54, 1.807) is 0 Å². The number of allylic oxidation sites excluding steroid dienone is 1. The number of carbonyl (C=O) groups is 2. The van der Waals surface area contributed by atoms with Crippen LogP contribution in [0.5, 0.6) is 0 Å². The highest BCUT2D eigenvalue weighted by atomic mass is 16.4. The summed E-state index contributed by atoms with van der Waals surface area (Å²) in [5, 5.41) is 17.3. The van der Waals surface area contributed by atoms with Gasteiger partial charge in [0, 0.05) is 12.0 Å². The lowest BCUT2D eigenvalue weighted by Gasteiger charge is -2.04. The maximum Gasteiger partial charge on any atom is 0.371 e. The average Bonchev–Trinajstić information content (AvgIpc) is 2.00. The Balaban J connectivity index is 4.59. The molecule has 0 rings (SSSR count). The topological polar surface area (TPSA) is 74.6 Å². The van der Waals surface area contributed by atoms with Gasteiger partial charge in [0.15, 0.2) is 5.78 Å². The van der Waals surface area contributed by atoms with Crippen LogP contribution in [-0.2, 0) is 9.59 Å². The minimum absolute atomic E-state index is 0.0822. The minimum Gasteiger partial charge on any atom is -0.502 e. The summed E-state index contributed by atoms with van der Waals surface area (Å²) in [6.45, 7) is 5.01. The Bertz CT molecular complexity index is 250. The van der Waals surface area contributed by atoms with Gasteiger partial charge in [0.1, 0.15) is 0 Å². The summed E-state index contributed by atoms with van der Waals surface area (Å²) < 4.78 is 0. The average molecular weight is 186 g/mol. The first-order valence-corrected chi connectivity index (χ1v) is 4.02. The summed E-state index contributed by atoms with van der Waals surface area (Å²) in [7, 11) is 0. The Morgan fingerprint density at radius 3 is 2.00 bits per heavy atom. The number of aliphatic hydroxyl groups is 1. The number of hydrogen-bond donors (Lipinski definition) is 2. The third kappa shape index (κ3) is 3.73. The van der Waals surface area contributed by atoms with Crippen LogP contribution >= 0.6 is 0 Å². The van der Waals surface area contributed by atoms with Gasteiger partial charge < -0.3 is 10.2 Å². The van der Waals surface area contributed by atoms with Crippen LogP contribution in [-0.4, -0.2) is 22.0 Å². The van der Waals surface area contributed by atoms with Gasteiger partial charge in [-0.25, -0.2) is 4.79 Å². The predicted molar refractivity (Wildman–Crippen MR) is 47.4 cm³/mol. The lowest BCUT2D eigenvalue weighted by Crippen LogP contribution is -2.11. The van der Waals surface area contributed by atoms with E-state index in [-0.39, 0.29) is 23.7 Å². The molecule has 0 aliphatic heterocycles. The highest BCUT2D eigenvalue weighted by Gasteiger charge is 2.16. The third-order valence-electron chi connectivity index (χ3n) is 1.57. The van der Waals surface area contributed by atoms with Crippen molar-refractivity contribution in [1.29, 1.82) is 0 Å². The fourth-order valence-electron chi connectivity index (χ4n) is 0.816. The fraction of sp³-hybridized carbons (Fsp3) is 0.556. The Morgan fingerprint density at radius 1 is 1.23 bits per heavy atom. The molecule has 0 aromatic carbocycles. The zero-order valence-corrected chi connectivity index (χ0v) is 8.00. The molecular weight excluding hydrogens is 172 g/mol. The molecule has 2 N–H and O–H groups in total. The second-order valence-corrected chi connectivity index (χ2v) is 3.30. The van der Waals surface area contributed by atoms with Crippen LogP contribution in [0.1, 0.15) is 27.2 Å². The lowest BCUT2D eigenvalue weighted by atomic mass is 10.0. The van der Waals surface area contributed by atoms with E-state index >= 15 is 0 Å². The normalized spacial score (nSPS) is 12.6. The van der Waals surface area contributed by atoms with E-state index in [1.807, 2.05) is 13.8 Å². The van der Waals surface area contributed by atoms with Gasteiger partial charge in [-0.3, -0.25) is 4.79 Å². The summed E-state index contributed by atoms with van der Waals surface area (Å²) in [5.41, 5.74) is -0.0822. The third-order valence-corrected chi connectivity index (χ3v) is 1.57. The smallest absolute Gasteiger partial charge is 0.371 e. The maximum atomic E-state index is 11.2. The molecule has 0 atom stereocenters. The first-order valence-electron chi connectivity index (χ1n) is 4.02. The summed E-state index contributed by atoms with van der Waals surface area (Å²) >= 11 is 0. The predicted octanol–water partition coefficient (Wildman–Crippen LogP) is 1.52. The van der Waals surface area contributed by atoms with Gasteiger partial charge in [-0.2, -0.15) is 0 Å². The lowest BCUT2D eigenvalue weighted by molar-refractivity contribution is -0.136. The molecule has 0 aromatic rings. The van der Waals surface area contributed by atoms with Crippen LogP contribution in [0.3, 0.4) is 0 Å². The summed E-state index contributed by atoms with van der Waals surface area (Å²) in [6.07, 6.45) is 0.253. The van der Waals surface area contributed by atoms with E-state index in [1.165, 1.54) is 6.92 Å². The van der Waals surface area contributed by atoms with Crippen molar-refractivity contribution in [1.82, 2.24) is 0 Å². The van der Waals surface area contributed by atoms with E-state index < -0.39 is 11.7 Å². The van der Waals surface area contributed by atoms with Crippen molar-refractivity contribution in [2.45, 2.75) is 27.2 Å². The monoisotopic (exact) mass is 186 g/mol. The number of carboxylic acids is 1. The molecule has 0 amide bonds. The molecule has 74 valence electrons. The Labute approximate surface area is 76.9 Å². The summed E-state index contributed by atoms with van der Waals surface area (Å²) in [4.78, 5) is 21.5. The number of Topliss-reactive ketones (excluding diaryl/α,β-unsaturated/α-hetero) is 1. The van der Waals surface area contributed by atoms with Gasteiger partial charge in [0.25, 0.3) is 0 Å². The first-order chi connectivity index (χ1) is 5.86. The Kier molecular flexibility index (Phi) is 4.17. The van der Waals surface area contributed by atoms with Crippen LogP contribution in [0.4, 0.5) is 0 Å². The van der Waals surface area contributed by atoms with Gasteiger partial charge in [-0.1, -0.05) is 13.8 Å². The number of carboxylic acid groups (broad SMARTS) is 1. The highest BCUT2D eigenvalue weighted by molar-refractivity contribution is 6.01. The van der Waals surface area contributed by atoms with Crippen molar-refractivity contribution in [2.75, 3.05) is 0 Å². The molecular formula is C9H14O4. The Morgan fingerprint density at radius 2 is 1.69 bits per heavy atom. The second kappa shape index (κ2) is 4.64. The van der Waals surface area contributed by atoms with E-state index in [9.17, 15) is 9.59 Å². The molecule has 0 aromatic heterocycles. The maximum absolute atomic E-state index is 11.2. The summed E-state index contributed by atoms with van der Waals surface area (Å²) in [6, 6.07) is 0. The van der Waals surface area contributed by atoms with Crippen LogP contribution in [0.15, 0.2) is 11.3 Å². The quantitative estimate of drug-likeness (QED) is 0.515. The molecule has 0 saturated heterocycles. The molecule has 0 fully saturated rings. The number of aliphatic carboxylic acids is 1. The molecule has 0 aliphatic rings. The highest BCUT2D eigenvalue weighted by Crippen LogP contribution is 2.09. The molecule has 0 saturated carbocycles. The van der Waals surface area contributed by atoms with Crippen molar-refractivity contribution in [3.63, 3.8) is 0 Å². The van der Waals surface area contributed by atoms with E-state index in [2.05, 4.69) is 0 Å². The van der Waals surface area contributed by atoms with Crippen LogP contribution in [0.25, 0.3) is 0 Å². The molecule has 0 radical (unpaired) electrons. The van der Waals surface area contributed by atoms with Gasteiger partial charge in [0.05, 0.1) is 0 Å². The number of rotatable bonds is 4. The largest absolute Gasteiger partial charge is 0.502 e. The van der Waals surface area contributed by atoms with Crippen LogP contribution < -0.4 is 0 Å². The van der Waals surface area contributed by atoms with Gasteiger partial charge in [0.2, 0.25) is 5.76 Å². The molecule has 4 heteroatoms. The zero-order valence-electron chi connectivity index (χ0n) is 8.00. The second-order valence-electron chi connectivity index (χ2n) is 3.30. The zero-order chi connectivity index (χ0) is 10.6. The van der Waals surface area contributed by atoms with Gasteiger partial charge >= 0.3 is 5.97 Å². The van der Waals surface area contributed by atoms with Gasteiger partial charge in [-0.05, 0) is 12.8 Å². The Hall–Kier alpha value is -1.32. The molecule has 13 heavy (non-hydrogen) atoms.